The molecule has 0 bridgehead atoms. The van der Waals surface area contributed by atoms with Crippen molar-refractivity contribution < 1.29 is 4.74 Å². The van der Waals surface area contributed by atoms with Crippen LogP contribution in [-0.2, 0) is 4.74 Å². The molecule has 2 nitrogen and oxygen atoms in total. The van der Waals surface area contributed by atoms with E-state index in [0.29, 0.717) is 30.1 Å². The zero-order valence-corrected chi connectivity index (χ0v) is 13.1. The molecule has 0 spiro atoms. The van der Waals surface area contributed by atoms with E-state index >= 15 is 0 Å². The lowest BCUT2D eigenvalue weighted by Gasteiger charge is -2.28. The van der Waals surface area contributed by atoms with Gasteiger partial charge in [-0.25, -0.2) is 0 Å². The van der Waals surface area contributed by atoms with Gasteiger partial charge in [-0.15, -0.1) is 11.3 Å². The summed E-state index contributed by atoms with van der Waals surface area (Å²) in [6.07, 6.45) is 0.663. The van der Waals surface area contributed by atoms with E-state index in [9.17, 15) is 0 Å². The van der Waals surface area contributed by atoms with Gasteiger partial charge in [0.05, 0.1) is 12.2 Å². The molecule has 1 fully saturated rings. The fraction of sp³-hybridized carbons (Fsp3) is 0.692. The third-order valence-corrected chi connectivity index (χ3v) is 5.90. The predicted octanol–water partition coefficient (Wildman–Crippen LogP) is 3.83. The average Bonchev–Trinajstić information content (AvgIpc) is 2.79. The van der Waals surface area contributed by atoms with Crippen molar-refractivity contribution in [1.29, 1.82) is 0 Å². The highest BCUT2D eigenvalue weighted by Crippen LogP contribution is 2.43. The molecular weight excluding hydrogens is 298 g/mol. The van der Waals surface area contributed by atoms with Crippen LogP contribution in [0.5, 0.6) is 0 Å². The smallest absolute Gasteiger partial charge is 0.0600 e. The highest BCUT2D eigenvalue weighted by Gasteiger charge is 2.42. The quantitative estimate of drug-likeness (QED) is 0.914. The minimum Gasteiger partial charge on any atom is -0.375 e. The molecule has 1 aliphatic heterocycles. The number of hydrogen-bond acceptors (Lipinski definition) is 3. The summed E-state index contributed by atoms with van der Waals surface area (Å²) in [5, 5.41) is 5.61. The van der Waals surface area contributed by atoms with Gasteiger partial charge in [-0.1, -0.05) is 6.92 Å². The van der Waals surface area contributed by atoms with Crippen LogP contribution in [0.2, 0.25) is 0 Å². The Morgan fingerprint density at radius 1 is 1.35 bits per heavy atom. The second kappa shape index (κ2) is 5.39. The summed E-state index contributed by atoms with van der Waals surface area (Å²) in [5.41, 5.74) is 0. The Morgan fingerprint density at radius 2 is 2.06 bits per heavy atom. The minimum absolute atomic E-state index is 0.312. The number of ether oxygens (including phenoxy) is 1. The van der Waals surface area contributed by atoms with Gasteiger partial charge in [0.15, 0.2) is 0 Å². The molecule has 5 unspecified atom stereocenters. The van der Waals surface area contributed by atoms with Crippen molar-refractivity contribution in [3.8, 4) is 0 Å². The number of nitrogens with one attached hydrogen (secondary N) is 1. The highest BCUT2D eigenvalue weighted by atomic mass is 79.9. The lowest BCUT2D eigenvalue weighted by atomic mass is 9.83. The molecular formula is C13H20BrNOS. The van der Waals surface area contributed by atoms with Crippen LogP contribution in [-0.4, -0.2) is 19.3 Å². The second-order valence-electron chi connectivity index (χ2n) is 4.88. The average molecular weight is 318 g/mol. The van der Waals surface area contributed by atoms with Crippen LogP contribution >= 0.6 is 27.3 Å². The topological polar surface area (TPSA) is 21.3 Å². The maximum Gasteiger partial charge on any atom is 0.0600 e. The first-order valence-corrected chi connectivity index (χ1v) is 7.79. The van der Waals surface area contributed by atoms with Crippen molar-refractivity contribution in [1.82, 2.24) is 5.32 Å². The SMILES string of the molecule is CNC(c1sccc1Br)C1C(C)OC(C)C1C. The zero-order valence-electron chi connectivity index (χ0n) is 10.7. The Morgan fingerprint density at radius 3 is 2.47 bits per heavy atom. The van der Waals surface area contributed by atoms with Gasteiger partial charge in [0.25, 0.3) is 0 Å². The van der Waals surface area contributed by atoms with Crippen molar-refractivity contribution in [2.24, 2.45) is 11.8 Å². The van der Waals surface area contributed by atoms with E-state index in [1.807, 2.05) is 18.4 Å². The molecule has 1 aromatic heterocycles. The summed E-state index contributed by atoms with van der Waals surface area (Å²) in [6, 6.07) is 2.50. The molecule has 1 aliphatic rings. The van der Waals surface area contributed by atoms with Crippen LogP contribution in [0.4, 0.5) is 0 Å². The van der Waals surface area contributed by atoms with Gasteiger partial charge >= 0.3 is 0 Å². The van der Waals surface area contributed by atoms with E-state index in [1.54, 1.807) is 0 Å². The lowest BCUT2D eigenvalue weighted by molar-refractivity contribution is 0.0479. The highest BCUT2D eigenvalue weighted by molar-refractivity contribution is 9.10. The van der Waals surface area contributed by atoms with Gasteiger partial charge in [0.2, 0.25) is 0 Å². The van der Waals surface area contributed by atoms with E-state index in [2.05, 4.69) is 53.5 Å². The summed E-state index contributed by atoms with van der Waals surface area (Å²) in [4.78, 5) is 1.38. The first-order chi connectivity index (χ1) is 8.06. The van der Waals surface area contributed by atoms with Gasteiger partial charge in [0.1, 0.15) is 0 Å². The summed E-state index contributed by atoms with van der Waals surface area (Å²) in [5.74, 6) is 1.11. The zero-order chi connectivity index (χ0) is 12.6. The normalized spacial score (nSPS) is 35.1. The molecule has 4 heteroatoms. The molecule has 2 heterocycles. The molecule has 0 amide bonds. The van der Waals surface area contributed by atoms with E-state index in [-0.39, 0.29) is 0 Å². The summed E-state index contributed by atoms with van der Waals surface area (Å²) < 4.78 is 7.17. The van der Waals surface area contributed by atoms with Crippen LogP contribution in [0.1, 0.15) is 31.7 Å². The van der Waals surface area contributed by atoms with E-state index in [1.165, 1.54) is 9.35 Å². The molecule has 0 aromatic carbocycles. The van der Waals surface area contributed by atoms with E-state index in [0.717, 1.165) is 0 Å². The first-order valence-electron chi connectivity index (χ1n) is 6.11. The van der Waals surface area contributed by atoms with Crippen LogP contribution in [0.15, 0.2) is 15.9 Å². The Kier molecular flexibility index (Phi) is 4.29. The maximum atomic E-state index is 5.96. The number of rotatable bonds is 3. The molecule has 1 saturated heterocycles. The van der Waals surface area contributed by atoms with Crippen LogP contribution < -0.4 is 5.32 Å². The van der Waals surface area contributed by atoms with Gasteiger partial charge in [-0.05, 0) is 54.2 Å². The van der Waals surface area contributed by atoms with Crippen molar-refractivity contribution in [2.75, 3.05) is 7.05 Å². The number of halogens is 1. The van der Waals surface area contributed by atoms with Crippen LogP contribution in [0, 0.1) is 11.8 Å². The van der Waals surface area contributed by atoms with Gasteiger partial charge < -0.3 is 10.1 Å². The van der Waals surface area contributed by atoms with Gasteiger partial charge in [-0.2, -0.15) is 0 Å². The molecule has 0 aliphatic carbocycles. The largest absolute Gasteiger partial charge is 0.375 e. The molecule has 5 atom stereocenters. The van der Waals surface area contributed by atoms with Crippen LogP contribution in [0.3, 0.4) is 0 Å². The van der Waals surface area contributed by atoms with E-state index < -0.39 is 0 Å². The fourth-order valence-electron chi connectivity index (χ4n) is 2.89. The third kappa shape index (κ3) is 2.46. The van der Waals surface area contributed by atoms with Crippen LogP contribution in [0.25, 0.3) is 0 Å². The minimum atomic E-state index is 0.312. The predicted molar refractivity (Wildman–Crippen MR) is 76.5 cm³/mol. The van der Waals surface area contributed by atoms with Gasteiger partial charge in [0, 0.05) is 21.3 Å². The molecule has 1 aromatic rings. The Balaban J connectivity index is 2.27. The Labute approximate surface area is 116 Å². The lowest BCUT2D eigenvalue weighted by Crippen LogP contribution is -2.32. The molecule has 17 heavy (non-hydrogen) atoms. The third-order valence-electron chi connectivity index (χ3n) is 3.94. The monoisotopic (exact) mass is 317 g/mol. The van der Waals surface area contributed by atoms with E-state index in [4.69, 9.17) is 4.74 Å². The number of thiophene rings is 1. The van der Waals surface area contributed by atoms with Crippen molar-refractivity contribution in [3.05, 3.63) is 20.8 Å². The van der Waals surface area contributed by atoms with Gasteiger partial charge in [-0.3, -0.25) is 0 Å². The Hall–Kier alpha value is 0.1000. The summed E-state index contributed by atoms with van der Waals surface area (Å²) in [6.45, 7) is 6.67. The number of hydrogen-bond donors (Lipinski definition) is 1. The summed E-state index contributed by atoms with van der Waals surface area (Å²) in [7, 11) is 2.04. The maximum absolute atomic E-state index is 5.96. The molecule has 2 rings (SSSR count). The van der Waals surface area contributed by atoms with Crippen molar-refractivity contribution in [2.45, 2.75) is 39.0 Å². The Bertz CT molecular complexity index is 381. The van der Waals surface area contributed by atoms with Crippen molar-refractivity contribution in [3.63, 3.8) is 0 Å². The summed E-state index contributed by atoms with van der Waals surface area (Å²) >= 11 is 5.45. The standard InChI is InChI=1S/C13H20BrNOS/c1-7-8(2)16-9(3)11(7)12(15-4)13-10(14)5-6-17-13/h5-9,11-12,15H,1-4H3. The molecule has 0 saturated carbocycles. The molecule has 96 valence electrons. The fourth-order valence-corrected chi connectivity index (χ4v) is 4.68. The second-order valence-corrected chi connectivity index (χ2v) is 6.68. The first kappa shape index (κ1) is 13.5. The van der Waals surface area contributed by atoms with Crippen molar-refractivity contribution >= 4 is 27.3 Å². The molecule has 0 radical (unpaired) electrons. The molecule has 1 N–H and O–H groups in total.